The predicted molar refractivity (Wildman–Crippen MR) is 147 cm³/mol. The number of aliphatic hydroxyl groups is 1. The molecule has 1 aliphatic heterocycles. The molecule has 5 rings (SSSR count). The molecule has 0 saturated carbocycles. The quantitative estimate of drug-likeness (QED) is 0.307. The maximum absolute atomic E-state index is 13.0. The number of nitrogens with zero attached hydrogens (tertiary/aromatic N) is 2. The number of amides is 1. The van der Waals surface area contributed by atoms with E-state index in [1.807, 2.05) is 55.7 Å². The van der Waals surface area contributed by atoms with Crippen molar-refractivity contribution in [3.05, 3.63) is 108 Å². The van der Waals surface area contributed by atoms with Crippen molar-refractivity contribution in [2.45, 2.75) is 18.9 Å². The van der Waals surface area contributed by atoms with E-state index in [1.54, 1.807) is 34.9 Å². The van der Waals surface area contributed by atoms with Gasteiger partial charge in [-0.05, 0) is 97.8 Å². The Kier molecular flexibility index (Phi) is 7.05. The molecule has 0 spiro atoms. The molecule has 1 saturated heterocycles. The van der Waals surface area contributed by atoms with Crippen LogP contribution in [0.2, 0.25) is 0 Å². The first-order chi connectivity index (χ1) is 18.0. The summed E-state index contributed by atoms with van der Waals surface area (Å²) in [6, 6.07) is 26.1. The number of piperidine rings is 1. The lowest BCUT2D eigenvalue weighted by atomic mass is 10.0. The van der Waals surface area contributed by atoms with Crippen molar-refractivity contribution in [1.82, 2.24) is 4.57 Å². The molecule has 37 heavy (non-hydrogen) atoms. The lowest BCUT2D eigenvalue weighted by Crippen LogP contribution is -2.35. The van der Waals surface area contributed by atoms with E-state index in [9.17, 15) is 14.7 Å². The van der Waals surface area contributed by atoms with E-state index in [-0.39, 0.29) is 17.8 Å². The minimum absolute atomic E-state index is 0.0807. The molecule has 188 valence electrons. The second-order valence-corrected chi connectivity index (χ2v) is 9.33. The third kappa shape index (κ3) is 5.73. The molecular formula is C30H30N4O3. The maximum Gasteiger partial charge on any atom is 0.272 e. The van der Waals surface area contributed by atoms with Gasteiger partial charge in [0, 0.05) is 60.2 Å². The van der Waals surface area contributed by atoms with E-state index in [0.29, 0.717) is 22.5 Å². The summed E-state index contributed by atoms with van der Waals surface area (Å²) in [6.07, 6.45) is 3.25. The number of rotatable bonds is 7. The molecule has 7 nitrogen and oxygen atoms in total. The number of carbonyl (C=O) groups excluding carboxylic acids is 2. The van der Waals surface area contributed by atoms with E-state index in [4.69, 9.17) is 0 Å². The molecule has 0 radical (unpaired) electrons. The first-order valence-electron chi connectivity index (χ1n) is 12.4. The largest absolute Gasteiger partial charge is 0.393 e. The van der Waals surface area contributed by atoms with Crippen molar-refractivity contribution in [1.29, 1.82) is 0 Å². The summed E-state index contributed by atoms with van der Waals surface area (Å²) < 4.78 is 1.75. The SMILES string of the molecule is Cn1cccc1C(=O)Nc1ccc(C(=O)c2ccc(Nc3ccc(N4CCC(O)CC4)cc3)cc2)cc1. The number of hydrogen-bond donors (Lipinski definition) is 3. The fourth-order valence-electron chi connectivity index (χ4n) is 4.51. The van der Waals surface area contributed by atoms with Crippen molar-refractivity contribution in [3.63, 3.8) is 0 Å². The molecule has 1 aromatic heterocycles. The van der Waals surface area contributed by atoms with Gasteiger partial charge in [0.2, 0.25) is 0 Å². The normalized spacial score (nSPS) is 13.8. The molecule has 3 aromatic carbocycles. The van der Waals surface area contributed by atoms with Gasteiger partial charge in [0.1, 0.15) is 5.69 Å². The highest BCUT2D eigenvalue weighted by molar-refractivity contribution is 6.09. The van der Waals surface area contributed by atoms with Gasteiger partial charge in [0.15, 0.2) is 5.78 Å². The third-order valence-electron chi connectivity index (χ3n) is 6.71. The second-order valence-electron chi connectivity index (χ2n) is 9.33. The van der Waals surface area contributed by atoms with Crippen LogP contribution < -0.4 is 15.5 Å². The minimum Gasteiger partial charge on any atom is -0.393 e. The summed E-state index contributed by atoms with van der Waals surface area (Å²) in [4.78, 5) is 27.6. The van der Waals surface area contributed by atoms with E-state index in [1.165, 1.54) is 0 Å². The Labute approximate surface area is 216 Å². The van der Waals surface area contributed by atoms with E-state index in [0.717, 1.165) is 43.0 Å². The van der Waals surface area contributed by atoms with Crippen LogP contribution in [0.15, 0.2) is 91.1 Å². The maximum atomic E-state index is 13.0. The topological polar surface area (TPSA) is 86.6 Å². The summed E-state index contributed by atoms with van der Waals surface area (Å²) in [6.45, 7) is 1.74. The molecule has 1 aliphatic rings. The second kappa shape index (κ2) is 10.7. The van der Waals surface area contributed by atoms with Crippen molar-refractivity contribution >= 4 is 34.4 Å². The molecule has 0 bridgehead atoms. The molecule has 1 amide bonds. The first-order valence-corrected chi connectivity index (χ1v) is 12.4. The van der Waals surface area contributed by atoms with Gasteiger partial charge in [-0.15, -0.1) is 0 Å². The molecule has 1 fully saturated rings. The number of aromatic nitrogens is 1. The van der Waals surface area contributed by atoms with Crippen LogP contribution in [0.5, 0.6) is 0 Å². The van der Waals surface area contributed by atoms with Gasteiger partial charge in [-0.25, -0.2) is 0 Å². The van der Waals surface area contributed by atoms with Crippen molar-refractivity contribution < 1.29 is 14.7 Å². The third-order valence-corrected chi connectivity index (χ3v) is 6.71. The zero-order chi connectivity index (χ0) is 25.8. The minimum atomic E-state index is -0.198. The zero-order valence-corrected chi connectivity index (χ0v) is 20.7. The van der Waals surface area contributed by atoms with Crippen LogP contribution >= 0.6 is 0 Å². The highest BCUT2D eigenvalue weighted by Gasteiger charge is 2.17. The summed E-state index contributed by atoms with van der Waals surface area (Å²) >= 11 is 0. The Morgan fingerprint density at radius 2 is 1.32 bits per heavy atom. The van der Waals surface area contributed by atoms with Crippen LogP contribution in [0.25, 0.3) is 0 Å². The molecule has 2 heterocycles. The van der Waals surface area contributed by atoms with Gasteiger partial charge in [0.05, 0.1) is 6.10 Å². The molecule has 0 aliphatic carbocycles. The van der Waals surface area contributed by atoms with Gasteiger partial charge < -0.3 is 25.2 Å². The smallest absolute Gasteiger partial charge is 0.272 e. The number of nitrogens with one attached hydrogen (secondary N) is 2. The van der Waals surface area contributed by atoms with Crippen LogP contribution in [0.3, 0.4) is 0 Å². The van der Waals surface area contributed by atoms with Crippen LogP contribution in [0.1, 0.15) is 39.3 Å². The monoisotopic (exact) mass is 494 g/mol. The number of ketones is 1. The lowest BCUT2D eigenvalue weighted by Gasteiger charge is -2.31. The van der Waals surface area contributed by atoms with Gasteiger partial charge in [-0.3, -0.25) is 9.59 Å². The number of aliphatic hydroxyl groups excluding tert-OH is 1. The number of carbonyl (C=O) groups is 2. The van der Waals surface area contributed by atoms with E-state index >= 15 is 0 Å². The Morgan fingerprint density at radius 1 is 0.784 bits per heavy atom. The highest BCUT2D eigenvalue weighted by Crippen LogP contribution is 2.24. The lowest BCUT2D eigenvalue weighted by molar-refractivity contribution is 0.101. The van der Waals surface area contributed by atoms with Gasteiger partial charge >= 0.3 is 0 Å². The van der Waals surface area contributed by atoms with Gasteiger partial charge in [-0.2, -0.15) is 0 Å². The van der Waals surface area contributed by atoms with Crippen molar-refractivity contribution in [2.24, 2.45) is 7.05 Å². The van der Waals surface area contributed by atoms with E-state index in [2.05, 4.69) is 27.7 Å². The number of hydrogen-bond acceptors (Lipinski definition) is 5. The summed E-state index contributed by atoms with van der Waals surface area (Å²) in [5, 5.41) is 15.9. The van der Waals surface area contributed by atoms with Crippen LogP contribution in [-0.4, -0.2) is 40.6 Å². The Bertz CT molecular complexity index is 1370. The Morgan fingerprint density at radius 3 is 1.86 bits per heavy atom. The van der Waals surface area contributed by atoms with Crippen LogP contribution in [-0.2, 0) is 7.05 Å². The molecule has 4 aromatic rings. The van der Waals surface area contributed by atoms with E-state index < -0.39 is 0 Å². The van der Waals surface area contributed by atoms with Crippen molar-refractivity contribution in [3.8, 4) is 0 Å². The summed E-state index contributed by atoms with van der Waals surface area (Å²) in [5.41, 5.74) is 5.35. The highest BCUT2D eigenvalue weighted by atomic mass is 16.3. The zero-order valence-electron chi connectivity index (χ0n) is 20.7. The Balaban J connectivity index is 1.18. The molecule has 7 heteroatoms. The van der Waals surface area contributed by atoms with Crippen molar-refractivity contribution in [2.75, 3.05) is 28.6 Å². The number of benzene rings is 3. The fourth-order valence-corrected chi connectivity index (χ4v) is 4.51. The number of anilines is 4. The molecule has 0 unspecified atom stereocenters. The molecular weight excluding hydrogens is 464 g/mol. The van der Waals surface area contributed by atoms with Gasteiger partial charge in [-0.1, -0.05) is 0 Å². The average Bonchev–Trinajstić information content (AvgIpc) is 3.36. The summed E-state index contributed by atoms with van der Waals surface area (Å²) in [7, 11) is 1.82. The average molecular weight is 495 g/mol. The Hall–Kier alpha value is -4.36. The molecule has 3 N–H and O–H groups in total. The van der Waals surface area contributed by atoms with Crippen LogP contribution in [0, 0.1) is 0 Å². The predicted octanol–water partition coefficient (Wildman–Crippen LogP) is 5.21. The standard InChI is InChI=1S/C30H30N4O3/c1-33-18-2-3-28(33)30(37)32-25-10-6-22(7-11-25)29(36)21-4-8-23(9-5-21)31-24-12-14-26(15-13-24)34-19-16-27(35)17-20-34/h2-15,18,27,31,35H,16-17,19-20H2,1H3,(H,32,37). The first kappa shape index (κ1) is 24.3. The molecule has 0 atom stereocenters. The van der Waals surface area contributed by atoms with Gasteiger partial charge in [0.25, 0.3) is 5.91 Å². The number of aryl methyl sites for hydroxylation is 1. The summed E-state index contributed by atoms with van der Waals surface area (Å²) in [5.74, 6) is -0.279. The fraction of sp³-hybridized carbons (Fsp3) is 0.200. The van der Waals surface area contributed by atoms with Crippen LogP contribution in [0.4, 0.5) is 22.7 Å².